The maximum atomic E-state index is 5.35. The summed E-state index contributed by atoms with van der Waals surface area (Å²) in [6.07, 6.45) is 3.18. The largest absolute Gasteiger partial charge is 0.467 e. The topological polar surface area (TPSA) is 59.5 Å². The van der Waals surface area contributed by atoms with E-state index in [2.05, 4.69) is 20.0 Å². The van der Waals surface area contributed by atoms with Crippen LogP contribution in [0.25, 0.3) is 5.78 Å². The van der Waals surface area contributed by atoms with E-state index in [1.165, 1.54) is 6.33 Å². The molecular formula is C12H13N5O. The summed E-state index contributed by atoms with van der Waals surface area (Å²) in [4.78, 5) is 10.5. The van der Waals surface area contributed by atoms with Crippen LogP contribution in [0.1, 0.15) is 11.5 Å². The quantitative estimate of drug-likeness (QED) is 0.700. The van der Waals surface area contributed by atoms with Crippen molar-refractivity contribution < 1.29 is 4.42 Å². The first-order valence-corrected chi connectivity index (χ1v) is 5.65. The van der Waals surface area contributed by atoms with Crippen LogP contribution in [0.5, 0.6) is 0 Å². The van der Waals surface area contributed by atoms with Gasteiger partial charge < -0.3 is 9.32 Å². The predicted octanol–water partition coefficient (Wildman–Crippen LogP) is 1.66. The molecule has 0 spiro atoms. The Morgan fingerprint density at radius 2 is 2.33 bits per heavy atom. The first-order chi connectivity index (χ1) is 8.74. The molecule has 0 N–H and O–H groups in total. The van der Waals surface area contributed by atoms with Gasteiger partial charge in [0.15, 0.2) is 0 Å². The van der Waals surface area contributed by atoms with Crippen LogP contribution in [-0.2, 0) is 6.54 Å². The Morgan fingerprint density at radius 3 is 3.11 bits per heavy atom. The van der Waals surface area contributed by atoms with Crippen molar-refractivity contribution in [3.05, 3.63) is 42.2 Å². The van der Waals surface area contributed by atoms with E-state index in [1.807, 2.05) is 32.2 Å². The molecule has 3 aromatic heterocycles. The molecule has 0 aliphatic carbocycles. The van der Waals surface area contributed by atoms with Crippen molar-refractivity contribution in [1.29, 1.82) is 0 Å². The summed E-state index contributed by atoms with van der Waals surface area (Å²) < 4.78 is 7.07. The first-order valence-electron chi connectivity index (χ1n) is 5.65. The standard InChI is InChI=1S/C12H13N5O/c1-9-6-11(17-12(15-9)13-8-14-17)16(2)7-10-4-3-5-18-10/h3-6,8H,7H2,1-2H3. The highest BCUT2D eigenvalue weighted by Gasteiger charge is 2.11. The number of fused-ring (bicyclic) bond motifs is 1. The molecule has 0 bridgehead atoms. The SMILES string of the molecule is Cc1cc(N(C)Cc2ccco2)n2ncnc2n1. The van der Waals surface area contributed by atoms with Gasteiger partial charge >= 0.3 is 0 Å². The van der Waals surface area contributed by atoms with E-state index in [4.69, 9.17) is 4.42 Å². The zero-order chi connectivity index (χ0) is 12.5. The van der Waals surface area contributed by atoms with Gasteiger partial charge in [0, 0.05) is 18.8 Å². The van der Waals surface area contributed by atoms with Crippen molar-refractivity contribution in [3.63, 3.8) is 0 Å². The number of hydrogen-bond acceptors (Lipinski definition) is 5. The molecule has 92 valence electrons. The lowest BCUT2D eigenvalue weighted by atomic mass is 10.3. The summed E-state index contributed by atoms with van der Waals surface area (Å²) in [5.41, 5.74) is 0.914. The normalized spacial score (nSPS) is 11.0. The Bertz CT molecular complexity index is 658. The summed E-state index contributed by atoms with van der Waals surface area (Å²) in [5, 5.41) is 4.18. The van der Waals surface area contributed by atoms with Crippen LogP contribution in [0.2, 0.25) is 0 Å². The lowest BCUT2D eigenvalue weighted by Crippen LogP contribution is -2.20. The lowest BCUT2D eigenvalue weighted by Gasteiger charge is -2.18. The second-order valence-electron chi connectivity index (χ2n) is 4.16. The van der Waals surface area contributed by atoms with Crippen molar-refractivity contribution in [2.45, 2.75) is 13.5 Å². The van der Waals surface area contributed by atoms with Gasteiger partial charge in [0.1, 0.15) is 17.9 Å². The molecule has 0 aromatic carbocycles. The Hall–Kier alpha value is -2.37. The monoisotopic (exact) mass is 243 g/mol. The van der Waals surface area contributed by atoms with Crippen molar-refractivity contribution in [3.8, 4) is 0 Å². The number of furan rings is 1. The van der Waals surface area contributed by atoms with E-state index in [-0.39, 0.29) is 0 Å². The fraction of sp³-hybridized carbons (Fsp3) is 0.250. The zero-order valence-electron chi connectivity index (χ0n) is 10.2. The van der Waals surface area contributed by atoms with E-state index in [9.17, 15) is 0 Å². The molecule has 3 heterocycles. The Kier molecular flexibility index (Phi) is 2.47. The Morgan fingerprint density at radius 1 is 1.44 bits per heavy atom. The number of nitrogens with zero attached hydrogens (tertiary/aromatic N) is 5. The maximum Gasteiger partial charge on any atom is 0.254 e. The van der Waals surface area contributed by atoms with E-state index in [0.29, 0.717) is 12.3 Å². The summed E-state index contributed by atoms with van der Waals surface area (Å²) in [7, 11) is 1.98. The second-order valence-corrected chi connectivity index (χ2v) is 4.16. The number of hydrogen-bond donors (Lipinski definition) is 0. The summed E-state index contributed by atoms with van der Waals surface area (Å²) >= 11 is 0. The van der Waals surface area contributed by atoms with Gasteiger partial charge in [-0.15, -0.1) is 0 Å². The third-order valence-electron chi connectivity index (χ3n) is 2.73. The summed E-state index contributed by atoms with van der Waals surface area (Å²) in [5.74, 6) is 2.45. The number of anilines is 1. The molecule has 0 saturated carbocycles. The van der Waals surface area contributed by atoms with Gasteiger partial charge in [-0.2, -0.15) is 14.6 Å². The molecule has 0 radical (unpaired) electrons. The molecule has 0 unspecified atom stereocenters. The highest BCUT2D eigenvalue weighted by molar-refractivity contribution is 5.46. The van der Waals surface area contributed by atoms with Crippen LogP contribution in [-0.4, -0.2) is 26.6 Å². The van der Waals surface area contributed by atoms with Crippen molar-refractivity contribution in [2.75, 3.05) is 11.9 Å². The summed E-state index contributed by atoms with van der Waals surface area (Å²) in [6, 6.07) is 5.81. The van der Waals surface area contributed by atoms with Crippen LogP contribution in [0.15, 0.2) is 35.2 Å². The van der Waals surface area contributed by atoms with Gasteiger partial charge in [-0.3, -0.25) is 0 Å². The van der Waals surface area contributed by atoms with Crippen molar-refractivity contribution in [2.24, 2.45) is 0 Å². The third-order valence-corrected chi connectivity index (χ3v) is 2.73. The van der Waals surface area contributed by atoms with Gasteiger partial charge in [0.05, 0.1) is 12.8 Å². The lowest BCUT2D eigenvalue weighted by molar-refractivity contribution is 0.506. The van der Waals surface area contributed by atoms with Gasteiger partial charge in [0.25, 0.3) is 5.78 Å². The minimum absolute atomic E-state index is 0.608. The van der Waals surface area contributed by atoms with E-state index in [0.717, 1.165) is 17.3 Å². The van der Waals surface area contributed by atoms with Crippen LogP contribution < -0.4 is 4.90 Å². The zero-order valence-corrected chi connectivity index (χ0v) is 10.2. The molecule has 18 heavy (non-hydrogen) atoms. The van der Waals surface area contributed by atoms with Crippen LogP contribution in [0.3, 0.4) is 0 Å². The average molecular weight is 243 g/mol. The molecule has 0 saturated heterocycles. The molecule has 6 nitrogen and oxygen atoms in total. The van der Waals surface area contributed by atoms with E-state index >= 15 is 0 Å². The van der Waals surface area contributed by atoms with Crippen LogP contribution in [0, 0.1) is 6.92 Å². The third kappa shape index (κ3) is 1.81. The second kappa shape index (κ2) is 4.14. The fourth-order valence-electron chi connectivity index (χ4n) is 1.90. The Balaban J connectivity index is 2.00. The van der Waals surface area contributed by atoms with Crippen molar-refractivity contribution >= 4 is 11.6 Å². The fourth-order valence-corrected chi connectivity index (χ4v) is 1.90. The molecule has 3 rings (SSSR count). The molecule has 6 heteroatoms. The van der Waals surface area contributed by atoms with Crippen LogP contribution in [0.4, 0.5) is 5.82 Å². The average Bonchev–Trinajstić information content (AvgIpc) is 2.97. The minimum atomic E-state index is 0.608. The van der Waals surface area contributed by atoms with Crippen LogP contribution >= 0.6 is 0 Å². The predicted molar refractivity (Wildman–Crippen MR) is 66.3 cm³/mol. The highest BCUT2D eigenvalue weighted by atomic mass is 16.3. The number of aryl methyl sites for hydroxylation is 1. The molecule has 0 fully saturated rings. The number of rotatable bonds is 3. The smallest absolute Gasteiger partial charge is 0.254 e. The van der Waals surface area contributed by atoms with E-state index in [1.54, 1.807) is 10.8 Å². The molecular weight excluding hydrogens is 230 g/mol. The number of aromatic nitrogens is 4. The van der Waals surface area contributed by atoms with Gasteiger partial charge in [0.2, 0.25) is 0 Å². The molecule has 0 amide bonds. The van der Waals surface area contributed by atoms with Crippen molar-refractivity contribution in [1.82, 2.24) is 19.6 Å². The molecule has 0 atom stereocenters. The van der Waals surface area contributed by atoms with Gasteiger partial charge in [-0.25, -0.2) is 4.98 Å². The molecule has 3 aromatic rings. The maximum absolute atomic E-state index is 5.35. The Labute approximate surface area is 104 Å². The molecule has 0 aliphatic heterocycles. The van der Waals surface area contributed by atoms with E-state index < -0.39 is 0 Å². The minimum Gasteiger partial charge on any atom is -0.467 e. The first kappa shape index (κ1) is 10.8. The van der Waals surface area contributed by atoms with Gasteiger partial charge in [-0.1, -0.05) is 0 Å². The highest BCUT2D eigenvalue weighted by Crippen LogP contribution is 2.16. The summed E-state index contributed by atoms with van der Waals surface area (Å²) in [6.45, 7) is 2.62. The van der Waals surface area contributed by atoms with Gasteiger partial charge in [-0.05, 0) is 19.1 Å². The molecule has 0 aliphatic rings.